The number of halogens is 1. The topological polar surface area (TPSA) is 41.1 Å². The highest BCUT2D eigenvalue weighted by molar-refractivity contribution is 6.30. The standard InChI is InChI=1S/C15H23ClN2O/c1-3-5-7-12(4-2)11-17-15(19)18-14-9-6-8-13(16)10-14/h6,8-10,12H,3-5,7,11H2,1-2H3,(H2,17,18,19). The number of urea groups is 1. The van der Waals surface area contributed by atoms with E-state index < -0.39 is 0 Å². The van der Waals surface area contributed by atoms with Crippen molar-refractivity contribution in [3.8, 4) is 0 Å². The largest absolute Gasteiger partial charge is 0.338 e. The summed E-state index contributed by atoms with van der Waals surface area (Å²) in [6.07, 6.45) is 4.68. The Morgan fingerprint density at radius 3 is 2.79 bits per heavy atom. The van der Waals surface area contributed by atoms with Crippen LogP contribution in [0.25, 0.3) is 0 Å². The Kier molecular flexibility index (Phi) is 7.34. The molecule has 0 aromatic heterocycles. The van der Waals surface area contributed by atoms with Gasteiger partial charge < -0.3 is 10.6 Å². The SMILES string of the molecule is CCCCC(CC)CNC(=O)Nc1cccc(Cl)c1. The smallest absolute Gasteiger partial charge is 0.319 e. The van der Waals surface area contributed by atoms with Gasteiger partial charge in [-0.15, -0.1) is 0 Å². The van der Waals surface area contributed by atoms with Gasteiger partial charge in [-0.2, -0.15) is 0 Å². The first kappa shape index (κ1) is 15.8. The highest BCUT2D eigenvalue weighted by atomic mass is 35.5. The van der Waals surface area contributed by atoms with Crippen molar-refractivity contribution in [1.29, 1.82) is 0 Å². The molecule has 0 bridgehead atoms. The fraction of sp³-hybridized carbons (Fsp3) is 0.533. The van der Waals surface area contributed by atoms with Crippen molar-refractivity contribution < 1.29 is 4.79 Å². The average molecular weight is 283 g/mol. The van der Waals surface area contributed by atoms with E-state index in [9.17, 15) is 4.79 Å². The number of amides is 2. The van der Waals surface area contributed by atoms with Crippen LogP contribution in [0.15, 0.2) is 24.3 Å². The van der Waals surface area contributed by atoms with E-state index in [2.05, 4.69) is 24.5 Å². The second kappa shape index (κ2) is 8.81. The lowest BCUT2D eigenvalue weighted by Gasteiger charge is -2.15. The number of hydrogen-bond donors (Lipinski definition) is 2. The van der Waals surface area contributed by atoms with E-state index >= 15 is 0 Å². The van der Waals surface area contributed by atoms with Crippen LogP contribution in [0.2, 0.25) is 5.02 Å². The van der Waals surface area contributed by atoms with Gasteiger partial charge in [-0.3, -0.25) is 0 Å². The second-order valence-electron chi connectivity index (χ2n) is 4.76. The maximum absolute atomic E-state index is 11.8. The Morgan fingerprint density at radius 2 is 2.16 bits per heavy atom. The van der Waals surface area contributed by atoms with Gasteiger partial charge >= 0.3 is 6.03 Å². The van der Waals surface area contributed by atoms with Crippen LogP contribution in [0.3, 0.4) is 0 Å². The molecule has 1 aromatic carbocycles. The van der Waals surface area contributed by atoms with Gasteiger partial charge in [0.2, 0.25) is 0 Å². The number of benzene rings is 1. The molecule has 1 atom stereocenters. The van der Waals surface area contributed by atoms with Gasteiger partial charge in [0.25, 0.3) is 0 Å². The molecule has 19 heavy (non-hydrogen) atoms. The van der Waals surface area contributed by atoms with Crippen molar-refractivity contribution in [2.75, 3.05) is 11.9 Å². The van der Waals surface area contributed by atoms with Gasteiger partial charge in [0.1, 0.15) is 0 Å². The van der Waals surface area contributed by atoms with Crippen molar-refractivity contribution in [3.63, 3.8) is 0 Å². The summed E-state index contributed by atoms with van der Waals surface area (Å²) in [5, 5.41) is 6.32. The van der Waals surface area contributed by atoms with Crippen molar-refractivity contribution >= 4 is 23.3 Å². The van der Waals surface area contributed by atoms with Crippen LogP contribution in [0.1, 0.15) is 39.5 Å². The molecule has 0 radical (unpaired) electrons. The van der Waals surface area contributed by atoms with Crippen molar-refractivity contribution in [2.24, 2.45) is 5.92 Å². The third kappa shape index (κ3) is 6.48. The van der Waals surface area contributed by atoms with Crippen molar-refractivity contribution in [3.05, 3.63) is 29.3 Å². The lowest BCUT2D eigenvalue weighted by atomic mass is 9.99. The highest BCUT2D eigenvalue weighted by Crippen LogP contribution is 2.15. The molecule has 0 spiro atoms. The lowest BCUT2D eigenvalue weighted by molar-refractivity contribution is 0.249. The number of hydrogen-bond acceptors (Lipinski definition) is 1. The van der Waals surface area contributed by atoms with Gasteiger partial charge in [0, 0.05) is 17.3 Å². The molecule has 0 fully saturated rings. The average Bonchev–Trinajstić information content (AvgIpc) is 2.39. The first-order valence-corrected chi connectivity index (χ1v) is 7.33. The van der Waals surface area contributed by atoms with Crippen LogP contribution in [-0.2, 0) is 0 Å². The molecular weight excluding hydrogens is 260 g/mol. The number of carbonyl (C=O) groups is 1. The zero-order valence-corrected chi connectivity index (χ0v) is 12.5. The Bertz CT molecular complexity index is 395. The van der Waals surface area contributed by atoms with Gasteiger partial charge in [0.15, 0.2) is 0 Å². The summed E-state index contributed by atoms with van der Waals surface area (Å²) in [4.78, 5) is 11.8. The highest BCUT2D eigenvalue weighted by Gasteiger charge is 2.08. The van der Waals surface area contributed by atoms with Crippen molar-refractivity contribution in [2.45, 2.75) is 39.5 Å². The van der Waals surface area contributed by atoms with E-state index in [1.54, 1.807) is 12.1 Å². The van der Waals surface area contributed by atoms with Crippen LogP contribution in [-0.4, -0.2) is 12.6 Å². The summed E-state index contributed by atoms with van der Waals surface area (Å²) < 4.78 is 0. The van der Waals surface area contributed by atoms with E-state index in [4.69, 9.17) is 11.6 Å². The number of unbranched alkanes of at least 4 members (excludes halogenated alkanes) is 1. The van der Waals surface area contributed by atoms with Gasteiger partial charge in [-0.05, 0) is 30.5 Å². The van der Waals surface area contributed by atoms with Gasteiger partial charge in [0.05, 0.1) is 0 Å². The predicted octanol–water partition coefficient (Wildman–Crippen LogP) is 4.68. The second-order valence-corrected chi connectivity index (χ2v) is 5.20. The zero-order valence-electron chi connectivity index (χ0n) is 11.7. The quantitative estimate of drug-likeness (QED) is 0.749. The maximum Gasteiger partial charge on any atom is 0.319 e. The van der Waals surface area contributed by atoms with Crippen LogP contribution in [0, 0.1) is 5.92 Å². The third-order valence-electron chi connectivity index (χ3n) is 3.18. The molecule has 1 aromatic rings. The molecule has 0 aliphatic heterocycles. The molecule has 0 aliphatic carbocycles. The van der Waals surface area contributed by atoms with Crippen LogP contribution in [0.4, 0.5) is 10.5 Å². The minimum absolute atomic E-state index is 0.169. The summed E-state index contributed by atoms with van der Waals surface area (Å²) in [5.74, 6) is 0.560. The minimum Gasteiger partial charge on any atom is -0.338 e. The fourth-order valence-corrected chi connectivity index (χ4v) is 2.11. The van der Waals surface area contributed by atoms with E-state index in [1.807, 2.05) is 12.1 Å². The monoisotopic (exact) mass is 282 g/mol. The molecule has 0 heterocycles. The summed E-state index contributed by atoms with van der Waals surface area (Å²) in [7, 11) is 0. The fourth-order valence-electron chi connectivity index (χ4n) is 1.92. The lowest BCUT2D eigenvalue weighted by Crippen LogP contribution is -2.33. The Morgan fingerprint density at radius 1 is 1.37 bits per heavy atom. The zero-order chi connectivity index (χ0) is 14.1. The molecule has 3 nitrogen and oxygen atoms in total. The molecule has 106 valence electrons. The third-order valence-corrected chi connectivity index (χ3v) is 3.41. The molecule has 4 heteroatoms. The maximum atomic E-state index is 11.8. The molecule has 0 saturated heterocycles. The number of nitrogens with one attached hydrogen (secondary N) is 2. The Balaban J connectivity index is 2.34. The molecule has 0 saturated carbocycles. The molecule has 1 rings (SSSR count). The first-order chi connectivity index (χ1) is 9.15. The predicted molar refractivity (Wildman–Crippen MR) is 81.8 cm³/mol. The normalized spacial score (nSPS) is 11.9. The molecular formula is C15H23ClN2O. The summed E-state index contributed by atoms with van der Waals surface area (Å²) >= 11 is 5.86. The molecule has 2 amide bonds. The van der Waals surface area contributed by atoms with Crippen LogP contribution in [0.5, 0.6) is 0 Å². The van der Waals surface area contributed by atoms with E-state index in [1.165, 1.54) is 19.3 Å². The summed E-state index contributed by atoms with van der Waals surface area (Å²) in [6, 6.07) is 6.98. The van der Waals surface area contributed by atoms with Crippen LogP contribution < -0.4 is 10.6 Å². The number of anilines is 1. The van der Waals surface area contributed by atoms with E-state index in [0.717, 1.165) is 13.0 Å². The molecule has 0 aliphatic rings. The molecule has 2 N–H and O–H groups in total. The van der Waals surface area contributed by atoms with Gasteiger partial charge in [-0.25, -0.2) is 4.79 Å². The Hall–Kier alpha value is -1.22. The van der Waals surface area contributed by atoms with Gasteiger partial charge in [-0.1, -0.05) is 50.8 Å². The number of carbonyl (C=O) groups excluding carboxylic acids is 1. The van der Waals surface area contributed by atoms with E-state index in [0.29, 0.717) is 16.6 Å². The minimum atomic E-state index is -0.169. The Labute approximate surface area is 120 Å². The van der Waals surface area contributed by atoms with Crippen molar-refractivity contribution in [1.82, 2.24) is 5.32 Å². The first-order valence-electron chi connectivity index (χ1n) is 6.96. The van der Waals surface area contributed by atoms with E-state index in [-0.39, 0.29) is 6.03 Å². The number of rotatable bonds is 7. The summed E-state index contributed by atoms with van der Waals surface area (Å²) in [5.41, 5.74) is 0.714. The van der Waals surface area contributed by atoms with Crippen LogP contribution >= 0.6 is 11.6 Å². The molecule has 1 unspecified atom stereocenters. The summed E-state index contributed by atoms with van der Waals surface area (Å²) in [6.45, 7) is 5.08.